The summed E-state index contributed by atoms with van der Waals surface area (Å²) in [5, 5.41) is 7.51. The fraction of sp³-hybridized carbons (Fsp3) is 0.459. The Labute approximate surface area is 266 Å². The number of halogens is 1. The Morgan fingerprint density at radius 3 is 2.27 bits per heavy atom. The molecule has 1 saturated heterocycles. The van der Waals surface area contributed by atoms with Gasteiger partial charge < -0.3 is 20.1 Å². The third kappa shape index (κ3) is 6.47. The van der Waals surface area contributed by atoms with E-state index in [4.69, 9.17) is 0 Å². The topological polar surface area (TPSA) is 78.5 Å². The fourth-order valence-electron chi connectivity index (χ4n) is 8.05. The lowest BCUT2D eigenvalue weighted by Gasteiger charge is -2.48. The minimum absolute atomic E-state index is 0.0705. The van der Waals surface area contributed by atoms with Gasteiger partial charge in [-0.2, -0.15) is 0 Å². The maximum absolute atomic E-state index is 15.3. The first-order chi connectivity index (χ1) is 21.5. The van der Waals surface area contributed by atoms with Crippen molar-refractivity contribution in [2.75, 3.05) is 24.0 Å². The van der Waals surface area contributed by atoms with Crippen LogP contribution in [0, 0.1) is 31.5 Å². The number of likely N-dealkylation sites (tertiary alicyclic amines) is 1. The maximum Gasteiger partial charge on any atom is 0.257 e. The maximum atomic E-state index is 15.3. The van der Waals surface area contributed by atoms with E-state index in [-0.39, 0.29) is 29.3 Å². The van der Waals surface area contributed by atoms with Crippen LogP contribution in [-0.4, -0.2) is 42.1 Å². The quantitative estimate of drug-likeness (QED) is 0.259. The number of anilines is 2. The molecule has 2 amide bonds. The van der Waals surface area contributed by atoms with Crippen LogP contribution in [0.1, 0.15) is 84.5 Å². The number of nitrogens with zero attached hydrogens (tertiary/aromatic N) is 1. The molecule has 3 aliphatic rings. The summed E-state index contributed by atoms with van der Waals surface area (Å²) < 4.78 is 28.3. The Morgan fingerprint density at radius 2 is 1.58 bits per heavy atom. The summed E-state index contributed by atoms with van der Waals surface area (Å²) >= 11 is 0. The van der Waals surface area contributed by atoms with Crippen LogP contribution in [0.25, 0.3) is 0 Å². The van der Waals surface area contributed by atoms with Crippen LogP contribution in [-0.2, 0) is 9.36 Å². The van der Waals surface area contributed by atoms with E-state index >= 15 is 4.39 Å². The monoisotopic (exact) mass is 629 g/mol. The van der Waals surface area contributed by atoms with E-state index in [0.29, 0.717) is 23.7 Å². The molecule has 3 fully saturated rings. The third-order valence-corrected chi connectivity index (χ3v) is 11.9. The minimum Gasteiger partial charge on any atom is -0.382 e. The second-order valence-electron chi connectivity index (χ2n) is 13.8. The van der Waals surface area contributed by atoms with Crippen molar-refractivity contribution in [3.8, 4) is 0 Å². The Kier molecular flexibility index (Phi) is 8.94. The van der Waals surface area contributed by atoms with Gasteiger partial charge >= 0.3 is 0 Å². The van der Waals surface area contributed by atoms with Gasteiger partial charge in [-0.05, 0) is 112 Å². The van der Waals surface area contributed by atoms with E-state index in [1.807, 2.05) is 54.3 Å². The van der Waals surface area contributed by atoms with Crippen molar-refractivity contribution >= 4 is 35.6 Å². The van der Waals surface area contributed by atoms with Crippen molar-refractivity contribution in [1.29, 1.82) is 0 Å². The molecule has 2 aliphatic carbocycles. The van der Waals surface area contributed by atoms with Crippen LogP contribution in [0.15, 0.2) is 60.7 Å². The second kappa shape index (κ2) is 12.7. The SMILES string of the molecule is Cc1ccc(NC(=O)C2C[C@@H]3CCC[C@@H]3N(C(=O)c3c(C)cccc3F)C2c2ccc(NC3CCCC3)cc2)cc1P(C)(C)=O. The van der Waals surface area contributed by atoms with E-state index in [1.54, 1.807) is 32.4 Å². The minimum atomic E-state index is -2.56. The summed E-state index contributed by atoms with van der Waals surface area (Å²) in [6.07, 6.45) is 8.15. The first kappa shape index (κ1) is 31.5. The van der Waals surface area contributed by atoms with Crippen molar-refractivity contribution < 1.29 is 18.5 Å². The number of piperidine rings is 1. The molecule has 0 aromatic heterocycles. The molecular formula is C37H45FN3O3P. The van der Waals surface area contributed by atoms with Gasteiger partial charge in [-0.3, -0.25) is 9.59 Å². The Hall–Kier alpha value is -3.44. The van der Waals surface area contributed by atoms with E-state index < -0.39 is 24.9 Å². The number of aryl methyl sites for hydroxylation is 2. The summed E-state index contributed by atoms with van der Waals surface area (Å²) in [5.74, 6) is -1.47. The van der Waals surface area contributed by atoms with Gasteiger partial charge in [0.1, 0.15) is 13.0 Å². The predicted molar refractivity (Wildman–Crippen MR) is 181 cm³/mol. The number of hydrogen-bond acceptors (Lipinski definition) is 4. The zero-order valence-electron chi connectivity index (χ0n) is 26.8. The van der Waals surface area contributed by atoms with Crippen molar-refractivity contribution in [3.05, 3.63) is 88.7 Å². The molecule has 1 aliphatic heterocycles. The Bertz CT molecular complexity index is 1610. The molecule has 3 aromatic rings. The number of hydrogen-bond donors (Lipinski definition) is 2. The van der Waals surface area contributed by atoms with Gasteiger partial charge in [0.05, 0.1) is 17.5 Å². The molecule has 238 valence electrons. The molecule has 0 spiro atoms. The summed E-state index contributed by atoms with van der Waals surface area (Å²) in [7, 11) is -2.56. The molecule has 1 heterocycles. The summed E-state index contributed by atoms with van der Waals surface area (Å²) in [5.41, 5.74) is 4.09. The summed E-state index contributed by atoms with van der Waals surface area (Å²) in [4.78, 5) is 30.7. The van der Waals surface area contributed by atoms with Gasteiger partial charge in [-0.25, -0.2) is 4.39 Å². The van der Waals surface area contributed by atoms with Crippen LogP contribution < -0.4 is 15.9 Å². The lowest BCUT2D eigenvalue weighted by molar-refractivity contribution is -0.125. The zero-order chi connectivity index (χ0) is 31.9. The van der Waals surface area contributed by atoms with Crippen LogP contribution in [0.3, 0.4) is 0 Å². The number of carbonyl (C=O) groups is 2. The molecule has 6 rings (SSSR count). The molecule has 4 atom stereocenters. The van der Waals surface area contributed by atoms with Crippen molar-refractivity contribution in [1.82, 2.24) is 4.90 Å². The highest BCUT2D eigenvalue weighted by Crippen LogP contribution is 2.49. The largest absolute Gasteiger partial charge is 0.382 e. The highest BCUT2D eigenvalue weighted by atomic mass is 31.2. The standard InChI is InChI=1S/C37H45FN3O3P/c1-23-15-18-29(22-33(23)45(3,4)44)40-36(42)30-21-26-10-8-14-32(26)41(37(43)34-24(2)9-7-13-31(34)38)35(30)25-16-19-28(20-17-25)39-27-11-5-6-12-27/h7,9,13,15-20,22,26-27,30,32,35,39H,5-6,8,10-12,14,21H2,1-4H3,(H,40,42)/t26-,30?,32-,35?/m0/s1. The highest BCUT2D eigenvalue weighted by Gasteiger charge is 2.50. The van der Waals surface area contributed by atoms with Gasteiger partial charge in [0, 0.05) is 28.8 Å². The van der Waals surface area contributed by atoms with E-state index in [0.717, 1.165) is 54.2 Å². The summed E-state index contributed by atoms with van der Waals surface area (Å²) in [6.45, 7) is 7.16. The average Bonchev–Trinajstić information content (AvgIpc) is 3.69. The zero-order valence-corrected chi connectivity index (χ0v) is 27.7. The molecule has 0 bridgehead atoms. The average molecular weight is 630 g/mol. The number of carbonyl (C=O) groups excluding carboxylic acids is 2. The Morgan fingerprint density at radius 1 is 0.867 bits per heavy atom. The lowest BCUT2D eigenvalue weighted by atomic mass is 9.76. The second-order valence-corrected chi connectivity index (χ2v) is 17.0. The molecule has 0 radical (unpaired) electrons. The lowest BCUT2D eigenvalue weighted by Crippen LogP contribution is -2.54. The smallest absolute Gasteiger partial charge is 0.257 e. The number of rotatable bonds is 7. The van der Waals surface area contributed by atoms with Crippen molar-refractivity contribution in [2.24, 2.45) is 11.8 Å². The van der Waals surface area contributed by atoms with E-state index in [1.165, 1.54) is 18.9 Å². The normalized spacial score (nSPS) is 23.5. The number of benzene rings is 3. The first-order valence-corrected chi connectivity index (χ1v) is 19.0. The van der Waals surface area contributed by atoms with Crippen molar-refractivity contribution in [3.63, 3.8) is 0 Å². The molecule has 2 unspecified atom stereocenters. The predicted octanol–water partition coefficient (Wildman–Crippen LogP) is 8.06. The Balaban J connectivity index is 1.40. The van der Waals surface area contributed by atoms with Crippen molar-refractivity contribution in [2.45, 2.75) is 83.3 Å². The van der Waals surface area contributed by atoms with Crippen LogP contribution in [0.2, 0.25) is 0 Å². The summed E-state index contributed by atoms with van der Waals surface area (Å²) in [6, 6.07) is 18.3. The third-order valence-electron chi connectivity index (χ3n) is 10.3. The molecular weight excluding hydrogens is 584 g/mol. The van der Waals surface area contributed by atoms with Crippen LogP contribution >= 0.6 is 7.14 Å². The van der Waals surface area contributed by atoms with Gasteiger partial charge in [0.25, 0.3) is 5.91 Å². The number of amides is 2. The van der Waals surface area contributed by atoms with Crippen LogP contribution in [0.4, 0.5) is 15.8 Å². The molecule has 6 nitrogen and oxygen atoms in total. The van der Waals surface area contributed by atoms with Gasteiger partial charge in [0.2, 0.25) is 5.91 Å². The van der Waals surface area contributed by atoms with E-state index in [2.05, 4.69) is 10.6 Å². The van der Waals surface area contributed by atoms with Crippen LogP contribution in [0.5, 0.6) is 0 Å². The molecule has 2 saturated carbocycles. The van der Waals surface area contributed by atoms with Gasteiger partial charge in [-0.15, -0.1) is 0 Å². The molecule has 45 heavy (non-hydrogen) atoms. The first-order valence-electron chi connectivity index (χ1n) is 16.4. The molecule has 3 aromatic carbocycles. The highest BCUT2D eigenvalue weighted by molar-refractivity contribution is 7.70. The molecule has 2 N–H and O–H groups in total. The molecule has 8 heteroatoms. The fourth-order valence-corrected chi connectivity index (χ4v) is 9.42. The van der Waals surface area contributed by atoms with Gasteiger partial charge in [0.15, 0.2) is 0 Å². The van der Waals surface area contributed by atoms with E-state index in [9.17, 15) is 14.2 Å². The number of nitrogens with one attached hydrogen (secondary N) is 2. The van der Waals surface area contributed by atoms with Gasteiger partial charge in [-0.1, -0.05) is 49.6 Å². The number of fused-ring (bicyclic) bond motifs is 1.